The van der Waals surface area contributed by atoms with Crippen LogP contribution in [0.4, 0.5) is 0 Å². The van der Waals surface area contributed by atoms with Crippen LogP contribution in [0.2, 0.25) is 5.02 Å². The summed E-state index contributed by atoms with van der Waals surface area (Å²) >= 11 is 6.21. The Kier molecular flexibility index (Phi) is 7.94. The molecule has 0 aliphatic carbocycles. The number of ether oxygens (including phenoxy) is 2. The van der Waals surface area contributed by atoms with Gasteiger partial charge in [0.25, 0.3) is 0 Å². The van der Waals surface area contributed by atoms with E-state index in [-0.39, 0.29) is 23.6 Å². The van der Waals surface area contributed by atoms with Gasteiger partial charge in [0.2, 0.25) is 6.04 Å². The molecule has 1 atom stereocenters. The number of hydrogen-bond acceptors (Lipinski definition) is 6. The molecule has 0 heterocycles. The molecule has 3 rings (SSSR count). The SMILES string of the molecule is CCOC(=O)C(N=C(c1ccccc1)c1cc(Cl)ccc1OC(=O)c1ccccc1)C(=O)O. The Morgan fingerprint density at radius 1 is 0.939 bits per heavy atom. The fourth-order valence-corrected chi connectivity index (χ4v) is 3.14. The minimum Gasteiger partial charge on any atom is -0.479 e. The molecule has 1 N–H and O–H groups in total. The molecule has 0 bridgehead atoms. The van der Waals surface area contributed by atoms with Gasteiger partial charge in [-0.05, 0) is 37.3 Å². The van der Waals surface area contributed by atoms with Crippen molar-refractivity contribution >= 4 is 35.2 Å². The average Bonchev–Trinajstić information content (AvgIpc) is 2.82. The Balaban J connectivity index is 2.14. The van der Waals surface area contributed by atoms with Crippen molar-refractivity contribution in [3.05, 3.63) is 101 Å². The van der Waals surface area contributed by atoms with Gasteiger partial charge in [-0.25, -0.2) is 14.4 Å². The monoisotopic (exact) mass is 465 g/mol. The van der Waals surface area contributed by atoms with E-state index in [9.17, 15) is 19.5 Å². The van der Waals surface area contributed by atoms with E-state index in [4.69, 9.17) is 21.1 Å². The highest BCUT2D eigenvalue weighted by Gasteiger charge is 2.29. The predicted octanol–water partition coefficient (Wildman–Crippen LogP) is 4.41. The first-order chi connectivity index (χ1) is 15.9. The lowest BCUT2D eigenvalue weighted by molar-refractivity contribution is -0.153. The van der Waals surface area contributed by atoms with Gasteiger partial charge in [0.15, 0.2) is 0 Å². The number of esters is 2. The van der Waals surface area contributed by atoms with E-state index in [1.165, 1.54) is 18.2 Å². The minimum atomic E-state index is -1.82. The molecule has 0 aromatic heterocycles. The van der Waals surface area contributed by atoms with Gasteiger partial charge >= 0.3 is 17.9 Å². The molecule has 0 spiro atoms. The van der Waals surface area contributed by atoms with Gasteiger partial charge in [0.1, 0.15) is 5.75 Å². The van der Waals surface area contributed by atoms with Crippen molar-refractivity contribution in [3.63, 3.8) is 0 Å². The zero-order valence-electron chi connectivity index (χ0n) is 17.6. The number of nitrogens with zero attached hydrogens (tertiary/aromatic N) is 1. The summed E-state index contributed by atoms with van der Waals surface area (Å²) in [6.07, 6.45) is 0. The number of benzene rings is 3. The summed E-state index contributed by atoms with van der Waals surface area (Å²) < 4.78 is 10.5. The fourth-order valence-electron chi connectivity index (χ4n) is 2.96. The zero-order valence-corrected chi connectivity index (χ0v) is 18.4. The molecule has 0 saturated heterocycles. The lowest BCUT2D eigenvalue weighted by atomic mass is 10.0. The van der Waals surface area contributed by atoms with Crippen LogP contribution in [0.3, 0.4) is 0 Å². The smallest absolute Gasteiger partial charge is 0.343 e. The Morgan fingerprint density at radius 2 is 1.55 bits per heavy atom. The van der Waals surface area contributed by atoms with Crippen LogP contribution < -0.4 is 4.74 Å². The number of rotatable bonds is 8. The second-order valence-corrected chi connectivity index (χ2v) is 7.17. The van der Waals surface area contributed by atoms with E-state index < -0.39 is 23.9 Å². The van der Waals surface area contributed by atoms with Gasteiger partial charge in [0, 0.05) is 16.1 Å². The number of carbonyl (C=O) groups is 3. The molecule has 0 aliphatic rings. The van der Waals surface area contributed by atoms with Crippen LogP contribution in [0.25, 0.3) is 0 Å². The van der Waals surface area contributed by atoms with Crippen molar-refractivity contribution in [1.29, 1.82) is 0 Å². The van der Waals surface area contributed by atoms with Crippen molar-refractivity contribution < 1.29 is 29.0 Å². The molecule has 7 nitrogen and oxygen atoms in total. The molecule has 0 fully saturated rings. The highest BCUT2D eigenvalue weighted by atomic mass is 35.5. The normalized spacial score (nSPS) is 12.0. The summed E-state index contributed by atoms with van der Waals surface area (Å²) in [5, 5.41) is 9.91. The van der Waals surface area contributed by atoms with Crippen LogP contribution in [0.15, 0.2) is 83.9 Å². The summed E-state index contributed by atoms with van der Waals surface area (Å²) in [7, 11) is 0. The van der Waals surface area contributed by atoms with Crippen molar-refractivity contribution in [1.82, 2.24) is 0 Å². The van der Waals surface area contributed by atoms with Gasteiger partial charge < -0.3 is 14.6 Å². The van der Waals surface area contributed by atoms with Gasteiger partial charge in [-0.1, -0.05) is 60.1 Å². The lowest BCUT2D eigenvalue weighted by Crippen LogP contribution is -2.31. The Bertz CT molecular complexity index is 1180. The maximum absolute atomic E-state index is 12.7. The standard InChI is InChI=1S/C25H20ClNO6/c1-2-32-25(31)22(23(28)29)27-21(16-9-5-3-6-10-16)19-15-18(26)13-14-20(19)33-24(30)17-11-7-4-8-12-17/h3-15,22H,2H2,1H3,(H,28,29). The quantitative estimate of drug-likeness (QED) is 0.229. The minimum absolute atomic E-state index is 0.00406. The third-order valence-electron chi connectivity index (χ3n) is 4.46. The molecule has 0 radical (unpaired) electrons. The molecule has 3 aromatic carbocycles. The van der Waals surface area contributed by atoms with E-state index in [1.807, 2.05) is 0 Å². The van der Waals surface area contributed by atoms with Crippen LogP contribution >= 0.6 is 11.6 Å². The number of carbonyl (C=O) groups excluding carboxylic acids is 2. The summed E-state index contributed by atoms with van der Waals surface area (Å²) in [5.41, 5.74) is 1.17. The number of hydrogen-bond donors (Lipinski definition) is 1. The first kappa shape index (κ1) is 23.7. The van der Waals surface area contributed by atoms with E-state index in [2.05, 4.69) is 4.99 Å². The number of carboxylic acid groups (broad SMARTS) is 1. The Hall–Kier alpha value is -3.97. The average molecular weight is 466 g/mol. The number of aliphatic carboxylic acids is 1. The fraction of sp³-hybridized carbons (Fsp3) is 0.120. The number of carboxylic acids is 1. The van der Waals surface area contributed by atoms with Crippen LogP contribution in [0, 0.1) is 0 Å². The van der Waals surface area contributed by atoms with Crippen molar-refractivity contribution in [2.75, 3.05) is 6.61 Å². The van der Waals surface area contributed by atoms with Gasteiger partial charge in [-0.2, -0.15) is 0 Å². The van der Waals surface area contributed by atoms with E-state index in [0.29, 0.717) is 16.1 Å². The highest BCUT2D eigenvalue weighted by Crippen LogP contribution is 2.28. The molecule has 3 aromatic rings. The largest absolute Gasteiger partial charge is 0.479 e. The van der Waals surface area contributed by atoms with Crippen molar-refractivity contribution in [2.45, 2.75) is 13.0 Å². The summed E-state index contributed by atoms with van der Waals surface area (Å²) in [6.45, 7) is 1.56. The molecule has 1 unspecified atom stereocenters. The van der Waals surface area contributed by atoms with Crippen molar-refractivity contribution in [3.8, 4) is 5.75 Å². The first-order valence-electron chi connectivity index (χ1n) is 10.0. The number of halogens is 1. The Labute approximate surface area is 195 Å². The molecule has 168 valence electrons. The third kappa shape index (κ3) is 6.05. The lowest BCUT2D eigenvalue weighted by Gasteiger charge is -2.15. The van der Waals surface area contributed by atoms with Gasteiger partial charge in [-0.15, -0.1) is 0 Å². The topological polar surface area (TPSA) is 102 Å². The van der Waals surface area contributed by atoms with E-state index in [0.717, 1.165) is 0 Å². The second-order valence-electron chi connectivity index (χ2n) is 6.73. The third-order valence-corrected chi connectivity index (χ3v) is 4.69. The predicted molar refractivity (Wildman–Crippen MR) is 123 cm³/mol. The highest BCUT2D eigenvalue weighted by molar-refractivity contribution is 6.31. The molecular weight excluding hydrogens is 446 g/mol. The van der Waals surface area contributed by atoms with Crippen molar-refractivity contribution in [2.24, 2.45) is 4.99 Å². The summed E-state index contributed by atoms with van der Waals surface area (Å²) in [5.74, 6) is -3.01. The Morgan fingerprint density at radius 3 is 2.12 bits per heavy atom. The number of aliphatic imine (C=N–C) groups is 1. The van der Waals surface area contributed by atoms with Crippen LogP contribution in [-0.2, 0) is 14.3 Å². The first-order valence-corrected chi connectivity index (χ1v) is 10.4. The maximum atomic E-state index is 12.7. The molecule has 0 saturated carbocycles. The van der Waals surface area contributed by atoms with Crippen LogP contribution in [0.1, 0.15) is 28.4 Å². The van der Waals surface area contributed by atoms with E-state index >= 15 is 0 Å². The summed E-state index contributed by atoms with van der Waals surface area (Å²) in [6, 6.07) is 19.7. The summed E-state index contributed by atoms with van der Waals surface area (Å²) in [4.78, 5) is 41.0. The van der Waals surface area contributed by atoms with Gasteiger partial charge in [-0.3, -0.25) is 4.99 Å². The van der Waals surface area contributed by atoms with Crippen LogP contribution in [0.5, 0.6) is 5.75 Å². The molecule has 0 aliphatic heterocycles. The maximum Gasteiger partial charge on any atom is 0.343 e. The molecule has 0 amide bonds. The van der Waals surface area contributed by atoms with Crippen LogP contribution in [-0.4, -0.2) is 41.4 Å². The molecular formula is C25H20ClNO6. The van der Waals surface area contributed by atoms with Gasteiger partial charge in [0.05, 0.1) is 17.9 Å². The molecule has 8 heteroatoms. The van der Waals surface area contributed by atoms with E-state index in [1.54, 1.807) is 67.6 Å². The second kappa shape index (κ2) is 11.1. The molecule has 33 heavy (non-hydrogen) atoms. The zero-order chi connectivity index (χ0) is 23.8.